The molecule has 140 valence electrons. The molecular weight excluding hydrogens is 354 g/mol. The zero-order valence-electron chi connectivity index (χ0n) is 14.6. The molecule has 1 aromatic heterocycles. The Morgan fingerprint density at radius 2 is 2.12 bits per heavy atom. The Balaban J connectivity index is 1.44. The molecule has 26 heavy (non-hydrogen) atoms. The maximum Gasteiger partial charge on any atom is 0.228 e. The summed E-state index contributed by atoms with van der Waals surface area (Å²) in [6.07, 6.45) is 6.13. The molecule has 2 amide bonds. The van der Waals surface area contributed by atoms with Gasteiger partial charge >= 0.3 is 0 Å². The summed E-state index contributed by atoms with van der Waals surface area (Å²) < 4.78 is 23.4. The van der Waals surface area contributed by atoms with Crippen molar-refractivity contribution in [2.24, 2.45) is 5.92 Å². The highest BCUT2D eigenvalue weighted by atomic mass is 32.2. The zero-order valence-corrected chi connectivity index (χ0v) is 15.4. The normalized spacial score (nSPS) is 27.7. The molecule has 0 radical (unpaired) electrons. The van der Waals surface area contributed by atoms with E-state index in [4.69, 9.17) is 0 Å². The Hall–Kier alpha value is -1.96. The summed E-state index contributed by atoms with van der Waals surface area (Å²) in [6.45, 7) is 0.855. The van der Waals surface area contributed by atoms with Crippen LogP contribution in [0.3, 0.4) is 0 Å². The topological polar surface area (TPSA) is 87.7 Å². The summed E-state index contributed by atoms with van der Waals surface area (Å²) in [6, 6.07) is 3.79. The van der Waals surface area contributed by atoms with Gasteiger partial charge in [0.1, 0.15) is 0 Å². The summed E-state index contributed by atoms with van der Waals surface area (Å²) >= 11 is 0. The summed E-state index contributed by atoms with van der Waals surface area (Å²) in [5.74, 6) is -0.296. The summed E-state index contributed by atoms with van der Waals surface area (Å²) in [4.78, 5) is 33.1. The molecule has 2 atom stereocenters. The first kappa shape index (κ1) is 17.5. The number of amides is 2. The van der Waals surface area contributed by atoms with Gasteiger partial charge in [-0.2, -0.15) is 0 Å². The third-order valence-electron chi connectivity index (χ3n) is 5.50. The van der Waals surface area contributed by atoms with Crippen LogP contribution in [0.15, 0.2) is 24.5 Å². The molecule has 0 bridgehead atoms. The number of sulfone groups is 1. The monoisotopic (exact) mass is 377 g/mol. The highest BCUT2D eigenvalue weighted by Crippen LogP contribution is 2.33. The quantitative estimate of drug-likeness (QED) is 0.750. The lowest BCUT2D eigenvalue weighted by Crippen LogP contribution is -2.41. The van der Waals surface area contributed by atoms with E-state index in [0.717, 1.165) is 18.4 Å². The fourth-order valence-electron chi connectivity index (χ4n) is 3.97. The lowest BCUT2D eigenvalue weighted by molar-refractivity contribution is -0.137. The second kappa shape index (κ2) is 6.64. The van der Waals surface area contributed by atoms with Gasteiger partial charge in [-0.25, -0.2) is 8.42 Å². The maximum atomic E-state index is 13.1. The van der Waals surface area contributed by atoms with Crippen molar-refractivity contribution in [3.8, 4) is 0 Å². The smallest absolute Gasteiger partial charge is 0.228 e. The van der Waals surface area contributed by atoms with Crippen LogP contribution in [0, 0.1) is 5.92 Å². The van der Waals surface area contributed by atoms with Crippen LogP contribution in [0.2, 0.25) is 0 Å². The van der Waals surface area contributed by atoms with Crippen LogP contribution in [-0.4, -0.2) is 65.2 Å². The van der Waals surface area contributed by atoms with E-state index in [1.807, 2.05) is 17.0 Å². The average molecular weight is 377 g/mol. The molecule has 2 aliphatic heterocycles. The van der Waals surface area contributed by atoms with E-state index in [-0.39, 0.29) is 47.7 Å². The standard InChI is InChI=1S/C18H23N3O4S/c22-17-8-14(11-20(17)16-5-7-26(24,25)12-16)18(23)21(15-3-4-15)10-13-2-1-6-19-9-13/h1-2,6,9,14-16H,3-5,7-8,10-12H2/t14-,16+/m1/s1. The number of nitrogens with zero attached hydrogens (tertiary/aromatic N) is 3. The summed E-state index contributed by atoms with van der Waals surface area (Å²) in [5.41, 5.74) is 0.982. The highest BCUT2D eigenvalue weighted by Gasteiger charge is 2.44. The molecule has 7 nitrogen and oxygen atoms in total. The molecule has 1 saturated carbocycles. The van der Waals surface area contributed by atoms with Crippen molar-refractivity contribution in [2.45, 2.75) is 44.3 Å². The highest BCUT2D eigenvalue weighted by molar-refractivity contribution is 7.91. The fourth-order valence-corrected chi connectivity index (χ4v) is 5.70. The van der Waals surface area contributed by atoms with E-state index in [9.17, 15) is 18.0 Å². The fraction of sp³-hybridized carbons (Fsp3) is 0.611. The largest absolute Gasteiger partial charge is 0.338 e. The first-order valence-corrected chi connectivity index (χ1v) is 10.9. The number of aromatic nitrogens is 1. The lowest BCUT2D eigenvalue weighted by atomic mass is 10.1. The van der Waals surface area contributed by atoms with Crippen LogP contribution >= 0.6 is 0 Å². The molecular formula is C18H23N3O4S. The molecule has 1 aromatic rings. The second-order valence-corrected chi connectivity index (χ2v) is 9.79. The molecule has 2 saturated heterocycles. The Labute approximate surface area is 153 Å². The van der Waals surface area contributed by atoms with E-state index in [2.05, 4.69) is 4.98 Å². The van der Waals surface area contributed by atoms with Crippen LogP contribution in [0.5, 0.6) is 0 Å². The van der Waals surface area contributed by atoms with Gasteiger partial charge in [0.15, 0.2) is 9.84 Å². The molecule has 1 aliphatic carbocycles. The number of carbonyl (C=O) groups excluding carboxylic acids is 2. The van der Waals surface area contributed by atoms with Gasteiger partial charge in [-0.05, 0) is 30.9 Å². The van der Waals surface area contributed by atoms with Gasteiger partial charge in [-0.1, -0.05) is 6.07 Å². The summed E-state index contributed by atoms with van der Waals surface area (Å²) in [7, 11) is -3.05. The van der Waals surface area contributed by atoms with E-state index in [0.29, 0.717) is 19.5 Å². The number of hydrogen-bond acceptors (Lipinski definition) is 5. The third-order valence-corrected chi connectivity index (χ3v) is 7.25. The Morgan fingerprint density at radius 1 is 1.31 bits per heavy atom. The first-order valence-electron chi connectivity index (χ1n) is 9.12. The molecule has 0 aromatic carbocycles. The number of hydrogen-bond donors (Lipinski definition) is 0. The minimum absolute atomic E-state index is 0.00746. The Morgan fingerprint density at radius 3 is 2.73 bits per heavy atom. The molecule has 3 heterocycles. The number of pyridine rings is 1. The van der Waals surface area contributed by atoms with Crippen molar-refractivity contribution in [1.82, 2.24) is 14.8 Å². The maximum absolute atomic E-state index is 13.1. The molecule has 0 N–H and O–H groups in total. The van der Waals surface area contributed by atoms with Crippen molar-refractivity contribution in [2.75, 3.05) is 18.1 Å². The van der Waals surface area contributed by atoms with Gasteiger partial charge in [0.05, 0.1) is 17.4 Å². The third kappa shape index (κ3) is 3.60. The molecule has 3 aliphatic rings. The van der Waals surface area contributed by atoms with Gasteiger partial charge in [-0.3, -0.25) is 14.6 Å². The zero-order chi connectivity index (χ0) is 18.3. The van der Waals surface area contributed by atoms with Crippen molar-refractivity contribution in [1.29, 1.82) is 0 Å². The molecule has 0 spiro atoms. The minimum atomic E-state index is -3.05. The minimum Gasteiger partial charge on any atom is -0.338 e. The van der Waals surface area contributed by atoms with Crippen molar-refractivity contribution < 1.29 is 18.0 Å². The molecule has 4 rings (SSSR count). The van der Waals surface area contributed by atoms with Gasteiger partial charge in [-0.15, -0.1) is 0 Å². The Bertz CT molecular complexity index is 807. The number of rotatable bonds is 5. The van der Waals surface area contributed by atoms with Gasteiger partial charge in [0.25, 0.3) is 0 Å². The van der Waals surface area contributed by atoms with Gasteiger partial charge in [0.2, 0.25) is 11.8 Å². The number of likely N-dealkylation sites (tertiary alicyclic amines) is 1. The summed E-state index contributed by atoms with van der Waals surface area (Å²) in [5, 5.41) is 0. The van der Waals surface area contributed by atoms with Crippen molar-refractivity contribution in [3.05, 3.63) is 30.1 Å². The molecule has 0 unspecified atom stereocenters. The second-order valence-electron chi connectivity index (χ2n) is 7.56. The van der Waals surface area contributed by atoms with Crippen LogP contribution in [-0.2, 0) is 26.0 Å². The van der Waals surface area contributed by atoms with Crippen LogP contribution in [0.25, 0.3) is 0 Å². The average Bonchev–Trinajstić information content (AvgIpc) is 3.29. The Kier molecular flexibility index (Phi) is 4.46. The van der Waals surface area contributed by atoms with E-state index in [1.54, 1.807) is 17.3 Å². The van der Waals surface area contributed by atoms with Gasteiger partial charge in [0, 0.05) is 44.0 Å². The van der Waals surface area contributed by atoms with E-state index in [1.165, 1.54) is 0 Å². The first-order chi connectivity index (χ1) is 12.4. The predicted octanol–water partition coefficient (Wildman–Crippen LogP) is 0.608. The lowest BCUT2D eigenvalue weighted by Gasteiger charge is -2.27. The van der Waals surface area contributed by atoms with Gasteiger partial charge < -0.3 is 9.80 Å². The van der Waals surface area contributed by atoms with Crippen molar-refractivity contribution >= 4 is 21.7 Å². The van der Waals surface area contributed by atoms with Crippen LogP contribution < -0.4 is 0 Å². The SMILES string of the molecule is O=C([C@@H]1CC(=O)N([C@H]2CCS(=O)(=O)C2)C1)N(Cc1cccnc1)C1CC1. The van der Waals surface area contributed by atoms with Crippen LogP contribution in [0.4, 0.5) is 0 Å². The van der Waals surface area contributed by atoms with E-state index >= 15 is 0 Å². The predicted molar refractivity (Wildman–Crippen MR) is 94.7 cm³/mol. The van der Waals surface area contributed by atoms with E-state index < -0.39 is 9.84 Å². The molecule has 3 fully saturated rings. The number of carbonyl (C=O) groups is 2. The molecule has 8 heteroatoms. The van der Waals surface area contributed by atoms with Crippen molar-refractivity contribution in [3.63, 3.8) is 0 Å². The van der Waals surface area contributed by atoms with Crippen LogP contribution in [0.1, 0.15) is 31.2 Å².